The molecule has 2 aromatic heterocycles. The van der Waals surface area contributed by atoms with Gasteiger partial charge >= 0.3 is 0 Å². The lowest BCUT2D eigenvalue weighted by Gasteiger charge is -2.00. The fourth-order valence-electron chi connectivity index (χ4n) is 1.66. The van der Waals surface area contributed by atoms with E-state index in [4.69, 9.17) is 23.2 Å². The molecule has 100 valence electrons. The van der Waals surface area contributed by atoms with Gasteiger partial charge in [0.1, 0.15) is 5.82 Å². The number of thiazole rings is 1. The van der Waals surface area contributed by atoms with Gasteiger partial charge in [0.05, 0.1) is 14.9 Å². The number of pyridine rings is 1. The Morgan fingerprint density at radius 1 is 1.00 bits per heavy atom. The van der Waals surface area contributed by atoms with Crippen LogP contribution >= 0.6 is 34.5 Å². The van der Waals surface area contributed by atoms with E-state index in [1.54, 1.807) is 18.5 Å². The third-order valence-corrected chi connectivity index (χ3v) is 4.31. The predicted molar refractivity (Wildman–Crippen MR) is 85.1 cm³/mol. The van der Waals surface area contributed by atoms with Crippen LogP contribution in [0.15, 0.2) is 48.8 Å². The van der Waals surface area contributed by atoms with Crippen LogP contribution in [0.1, 0.15) is 0 Å². The van der Waals surface area contributed by atoms with Crippen LogP contribution in [0.3, 0.4) is 0 Å². The van der Waals surface area contributed by atoms with Crippen LogP contribution in [0.5, 0.6) is 0 Å². The smallest absolute Gasteiger partial charge is 0.188 e. The van der Waals surface area contributed by atoms with Crippen LogP contribution in [-0.2, 0) is 0 Å². The van der Waals surface area contributed by atoms with Crippen molar-refractivity contribution in [1.29, 1.82) is 0 Å². The van der Waals surface area contributed by atoms with Crippen molar-refractivity contribution in [3.8, 4) is 10.4 Å². The zero-order valence-corrected chi connectivity index (χ0v) is 12.5. The molecule has 6 heteroatoms. The lowest BCUT2D eigenvalue weighted by molar-refractivity contribution is 1.29. The average molecular weight is 322 g/mol. The van der Waals surface area contributed by atoms with E-state index in [1.165, 1.54) is 11.3 Å². The minimum absolute atomic E-state index is 0.539. The van der Waals surface area contributed by atoms with Crippen LogP contribution in [0.2, 0.25) is 10.0 Å². The molecule has 0 fully saturated rings. The van der Waals surface area contributed by atoms with Crippen LogP contribution in [0.4, 0.5) is 10.9 Å². The molecule has 0 atom stereocenters. The fraction of sp³-hybridized carbons (Fsp3) is 0. The Morgan fingerprint density at radius 2 is 1.90 bits per heavy atom. The largest absolute Gasteiger partial charge is 0.316 e. The maximum atomic E-state index is 6.03. The van der Waals surface area contributed by atoms with Crippen molar-refractivity contribution in [3.63, 3.8) is 0 Å². The number of nitrogens with zero attached hydrogens (tertiary/aromatic N) is 2. The number of hydrogen-bond donors (Lipinski definition) is 1. The summed E-state index contributed by atoms with van der Waals surface area (Å²) < 4.78 is 0. The second-order valence-electron chi connectivity index (χ2n) is 4.00. The van der Waals surface area contributed by atoms with E-state index in [-0.39, 0.29) is 0 Å². The third-order valence-electron chi connectivity index (χ3n) is 2.61. The van der Waals surface area contributed by atoms with E-state index in [0.717, 1.165) is 21.4 Å². The summed E-state index contributed by atoms with van der Waals surface area (Å²) in [6.45, 7) is 0. The number of halogens is 2. The van der Waals surface area contributed by atoms with Crippen molar-refractivity contribution in [2.75, 3.05) is 5.32 Å². The summed E-state index contributed by atoms with van der Waals surface area (Å²) in [6, 6.07) is 11.2. The average Bonchev–Trinajstić information content (AvgIpc) is 2.91. The summed E-state index contributed by atoms with van der Waals surface area (Å²) >= 11 is 13.5. The summed E-state index contributed by atoms with van der Waals surface area (Å²) in [5, 5.41) is 5.03. The van der Waals surface area contributed by atoms with Crippen LogP contribution in [-0.4, -0.2) is 9.97 Å². The summed E-state index contributed by atoms with van der Waals surface area (Å²) in [6.07, 6.45) is 3.53. The van der Waals surface area contributed by atoms with Gasteiger partial charge in [0.25, 0.3) is 0 Å². The summed E-state index contributed by atoms with van der Waals surface area (Å²) in [7, 11) is 0. The SMILES string of the molecule is Clc1ccc(-c2cnc(Nc3ccccn3)s2)cc1Cl. The highest BCUT2D eigenvalue weighted by molar-refractivity contribution is 7.18. The molecule has 0 saturated heterocycles. The van der Waals surface area contributed by atoms with E-state index >= 15 is 0 Å². The van der Waals surface area contributed by atoms with Crippen molar-refractivity contribution in [2.24, 2.45) is 0 Å². The van der Waals surface area contributed by atoms with Gasteiger partial charge in [-0.05, 0) is 29.8 Å². The molecule has 0 aliphatic carbocycles. The Balaban J connectivity index is 1.84. The van der Waals surface area contributed by atoms with Crippen LogP contribution < -0.4 is 5.32 Å². The minimum atomic E-state index is 0.539. The van der Waals surface area contributed by atoms with E-state index < -0.39 is 0 Å². The molecule has 0 amide bonds. The van der Waals surface area contributed by atoms with Gasteiger partial charge in [0.2, 0.25) is 0 Å². The van der Waals surface area contributed by atoms with Gasteiger partial charge in [0.15, 0.2) is 5.13 Å². The Hall–Kier alpha value is -1.62. The fourth-order valence-corrected chi connectivity index (χ4v) is 2.78. The van der Waals surface area contributed by atoms with Crippen molar-refractivity contribution < 1.29 is 0 Å². The summed E-state index contributed by atoms with van der Waals surface area (Å²) in [4.78, 5) is 9.55. The zero-order valence-electron chi connectivity index (χ0n) is 10.2. The molecule has 3 aromatic rings. The van der Waals surface area contributed by atoms with Crippen molar-refractivity contribution in [1.82, 2.24) is 9.97 Å². The highest BCUT2D eigenvalue weighted by Gasteiger charge is 2.07. The number of rotatable bonds is 3. The Labute approximate surface area is 130 Å². The molecule has 0 unspecified atom stereocenters. The molecule has 3 nitrogen and oxygen atoms in total. The van der Waals surface area contributed by atoms with E-state index in [2.05, 4.69) is 15.3 Å². The normalized spacial score (nSPS) is 10.5. The van der Waals surface area contributed by atoms with Gasteiger partial charge in [0, 0.05) is 12.4 Å². The maximum absolute atomic E-state index is 6.03. The standard InChI is InChI=1S/C14H9Cl2N3S/c15-10-5-4-9(7-11(10)16)12-8-18-14(20-12)19-13-3-1-2-6-17-13/h1-8H,(H,17,18,19). The van der Waals surface area contributed by atoms with Gasteiger partial charge in [-0.2, -0.15) is 0 Å². The lowest BCUT2D eigenvalue weighted by atomic mass is 10.2. The first kappa shape index (κ1) is 13.4. The first-order valence-electron chi connectivity index (χ1n) is 5.82. The second kappa shape index (κ2) is 5.79. The zero-order chi connectivity index (χ0) is 13.9. The number of anilines is 2. The van der Waals surface area contributed by atoms with E-state index in [0.29, 0.717) is 10.0 Å². The molecule has 0 saturated carbocycles. The molecule has 0 radical (unpaired) electrons. The molecule has 0 aliphatic heterocycles. The Morgan fingerprint density at radius 3 is 2.65 bits per heavy atom. The number of hydrogen-bond acceptors (Lipinski definition) is 4. The molecule has 3 rings (SSSR count). The first-order chi connectivity index (χ1) is 9.72. The monoisotopic (exact) mass is 321 g/mol. The second-order valence-corrected chi connectivity index (χ2v) is 5.84. The lowest BCUT2D eigenvalue weighted by Crippen LogP contribution is -1.90. The summed E-state index contributed by atoms with van der Waals surface area (Å²) in [5.41, 5.74) is 0.992. The maximum Gasteiger partial charge on any atom is 0.188 e. The molecule has 0 aliphatic rings. The predicted octanol–water partition coefficient (Wildman–Crippen LogP) is 5.26. The number of aromatic nitrogens is 2. The minimum Gasteiger partial charge on any atom is -0.316 e. The van der Waals surface area contributed by atoms with Gasteiger partial charge in [-0.25, -0.2) is 9.97 Å². The van der Waals surface area contributed by atoms with Crippen LogP contribution in [0, 0.1) is 0 Å². The van der Waals surface area contributed by atoms with Crippen LogP contribution in [0.25, 0.3) is 10.4 Å². The van der Waals surface area contributed by atoms with Crippen molar-refractivity contribution >= 4 is 45.5 Å². The molecule has 0 spiro atoms. The number of nitrogens with one attached hydrogen (secondary N) is 1. The van der Waals surface area contributed by atoms with Crippen molar-refractivity contribution in [2.45, 2.75) is 0 Å². The van der Waals surface area contributed by atoms with Gasteiger partial charge in [-0.3, -0.25) is 0 Å². The molecule has 0 bridgehead atoms. The van der Waals surface area contributed by atoms with Gasteiger partial charge < -0.3 is 5.32 Å². The van der Waals surface area contributed by atoms with E-state index in [9.17, 15) is 0 Å². The topological polar surface area (TPSA) is 37.8 Å². The summed E-state index contributed by atoms with van der Waals surface area (Å²) in [5.74, 6) is 0.766. The number of benzene rings is 1. The Bertz CT molecular complexity index is 728. The molecule has 1 aromatic carbocycles. The van der Waals surface area contributed by atoms with Gasteiger partial charge in [-0.15, -0.1) is 0 Å². The Kier molecular flexibility index (Phi) is 3.87. The molecular formula is C14H9Cl2N3S. The molecule has 20 heavy (non-hydrogen) atoms. The highest BCUT2D eigenvalue weighted by Crippen LogP contribution is 2.33. The quantitative estimate of drug-likeness (QED) is 0.715. The first-order valence-corrected chi connectivity index (χ1v) is 7.39. The molecule has 2 heterocycles. The third kappa shape index (κ3) is 2.93. The van der Waals surface area contributed by atoms with Gasteiger partial charge in [-0.1, -0.05) is 46.7 Å². The highest BCUT2D eigenvalue weighted by atomic mass is 35.5. The van der Waals surface area contributed by atoms with E-state index in [1.807, 2.05) is 30.3 Å². The molecular weight excluding hydrogens is 313 g/mol. The van der Waals surface area contributed by atoms with Crippen molar-refractivity contribution in [3.05, 3.63) is 58.8 Å². The molecule has 1 N–H and O–H groups in total.